The summed E-state index contributed by atoms with van der Waals surface area (Å²) in [7, 11) is 0. The fourth-order valence-electron chi connectivity index (χ4n) is 5.40. The van der Waals surface area contributed by atoms with Crippen LogP contribution in [0.2, 0.25) is 0 Å². The summed E-state index contributed by atoms with van der Waals surface area (Å²) in [6, 6.07) is 2.97. The van der Waals surface area contributed by atoms with Gasteiger partial charge in [0.05, 0.1) is 0 Å². The summed E-state index contributed by atoms with van der Waals surface area (Å²) in [6.45, 7) is 1.17. The van der Waals surface area contributed by atoms with E-state index in [4.69, 9.17) is 4.74 Å². The summed E-state index contributed by atoms with van der Waals surface area (Å²) >= 11 is 0. The van der Waals surface area contributed by atoms with Crippen molar-refractivity contribution >= 4 is 11.9 Å². The Bertz CT molecular complexity index is 734. The van der Waals surface area contributed by atoms with Gasteiger partial charge in [0.15, 0.2) is 11.6 Å². The highest BCUT2D eigenvalue weighted by atomic mass is 19.1. The summed E-state index contributed by atoms with van der Waals surface area (Å²) in [4.78, 5) is 18.5. The van der Waals surface area contributed by atoms with Crippen LogP contribution < -0.4 is 5.32 Å². The molecule has 3 fully saturated rings. The van der Waals surface area contributed by atoms with Crippen LogP contribution in [0.15, 0.2) is 30.0 Å². The highest BCUT2D eigenvalue weighted by molar-refractivity contribution is 5.68. The highest BCUT2D eigenvalue weighted by Crippen LogP contribution is 2.51. The Balaban J connectivity index is 1.18. The van der Waals surface area contributed by atoms with Crippen LogP contribution in [-0.2, 0) is 4.74 Å². The van der Waals surface area contributed by atoms with Gasteiger partial charge in [-0.3, -0.25) is 0 Å². The molecule has 3 atom stereocenters. The number of nitrogens with zero attached hydrogens (tertiary/aromatic N) is 2. The molecule has 1 aromatic rings. The molecule has 1 amide bonds. The van der Waals surface area contributed by atoms with Crippen LogP contribution in [0.4, 0.5) is 15.0 Å². The number of aromatic nitrogens is 1. The zero-order chi connectivity index (χ0) is 17.7. The lowest BCUT2D eigenvalue weighted by atomic mass is 9.60. The number of anilines is 1. The number of hydrogen-bond donors (Lipinski definition) is 1. The Morgan fingerprint density at radius 1 is 1.31 bits per heavy atom. The first kappa shape index (κ1) is 16.1. The third-order valence-corrected chi connectivity index (χ3v) is 6.44. The molecule has 1 aromatic heterocycles. The molecule has 1 N–H and O–H groups in total. The Hall–Kier alpha value is -2.11. The van der Waals surface area contributed by atoms with Crippen LogP contribution in [0, 0.1) is 23.6 Å². The van der Waals surface area contributed by atoms with Gasteiger partial charge in [-0.15, -0.1) is 0 Å². The molecule has 0 spiro atoms. The third-order valence-electron chi connectivity index (χ3n) is 6.44. The van der Waals surface area contributed by atoms with E-state index in [9.17, 15) is 9.18 Å². The van der Waals surface area contributed by atoms with Gasteiger partial charge in [0.1, 0.15) is 6.10 Å². The second-order valence-corrected chi connectivity index (χ2v) is 8.24. The summed E-state index contributed by atoms with van der Waals surface area (Å²) in [6.07, 6.45) is 9.22. The van der Waals surface area contributed by atoms with E-state index in [0.29, 0.717) is 30.8 Å². The van der Waals surface area contributed by atoms with Crippen LogP contribution in [0.5, 0.6) is 0 Å². The maximum atomic E-state index is 13.7. The Labute approximate surface area is 152 Å². The summed E-state index contributed by atoms with van der Waals surface area (Å²) in [5.74, 6) is 1.62. The maximum absolute atomic E-state index is 13.7. The van der Waals surface area contributed by atoms with E-state index in [1.54, 1.807) is 22.7 Å². The first-order valence-electron chi connectivity index (χ1n) is 9.68. The predicted octanol–water partition coefficient (Wildman–Crippen LogP) is 3.59. The average molecular weight is 357 g/mol. The van der Waals surface area contributed by atoms with Gasteiger partial charge in [0, 0.05) is 37.2 Å². The molecule has 6 heteroatoms. The van der Waals surface area contributed by atoms with Crippen LogP contribution in [0.25, 0.3) is 0 Å². The van der Waals surface area contributed by atoms with Gasteiger partial charge in [0.25, 0.3) is 0 Å². The minimum Gasteiger partial charge on any atom is -0.445 e. The van der Waals surface area contributed by atoms with Crippen molar-refractivity contribution in [3.8, 4) is 0 Å². The average Bonchev–Trinajstić information content (AvgIpc) is 3.08. The Kier molecular flexibility index (Phi) is 3.87. The largest absolute Gasteiger partial charge is 0.445 e. The normalized spacial score (nSPS) is 34.7. The number of ether oxygens (including phenoxy) is 1. The second kappa shape index (κ2) is 6.25. The second-order valence-electron chi connectivity index (χ2n) is 8.24. The molecule has 0 radical (unpaired) electrons. The lowest BCUT2D eigenvalue weighted by Crippen LogP contribution is -2.48. The first-order chi connectivity index (χ1) is 12.7. The monoisotopic (exact) mass is 357 g/mol. The number of nitrogens with one attached hydrogen (secondary N) is 1. The molecule has 2 heterocycles. The van der Waals surface area contributed by atoms with Crippen LogP contribution >= 0.6 is 0 Å². The van der Waals surface area contributed by atoms with Crippen molar-refractivity contribution in [1.29, 1.82) is 0 Å². The third kappa shape index (κ3) is 2.85. The van der Waals surface area contributed by atoms with Gasteiger partial charge in [-0.25, -0.2) is 14.2 Å². The number of carbonyl (C=O) groups excluding carboxylic acids is 1. The zero-order valence-electron chi connectivity index (χ0n) is 14.7. The van der Waals surface area contributed by atoms with Crippen LogP contribution in [0.3, 0.4) is 0 Å². The van der Waals surface area contributed by atoms with Gasteiger partial charge < -0.3 is 15.0 Å². The fourth-order valence-corrected chi connectivity index (χ4v) is 5.40. The summed E-state index contributed by atoms with van der Waals surface area (Å²) < 4.78 is 19.7. The molecular formula is C20H24FN3O2. The van der Waals surface area contributed by atoms with E-state index < -0.39 is 0 Å². The van der Waals surface area contributed by atoms with E-state index in [1.807, 2.05) is 0 Å². The van der Waals surface area contributed by atoms with Crippen molar-refractivity contribution in [3.05, 3.63) is 35.8 Å². The maximum Gasteiger partial charge on any atom is 0.410 e. The molecule has 2 unspecified atom stereocenters. The molecule has 4 bridgehead atoms. The summed E-state index contributed by atoms with van der Waals surface area (Å²) in [5.41, 5.74) is 1.58. The van der Waals surface area contributed by atoms with E-state index in [0.717, 1.165) is 19.3 Å². The minimum absolute atomic E-state index is 0.00982. The highest BCUT2D eigenvalue weighted by Gasteiger charge is 2.47. The number of hydrogen-bond acceptors (Lipinski definition) is 4. The lowest BCUT2D eigenvalue weighted by molar-refractivity contribution is -0.0431. The molecule has 4 aliphatic carbocycles. The minimum atomic E-state index is -0.364. The Morgan fingerprint density at radius 3 is 2.85 bits per heavy atom. The standard InChI is InChI=1S/C20H24FN3O2/c21-17-2-1-4-22-19(17)23-16-3-5-24(11-16)20(25)26-18-14-7-12-6-13(9-14)10-15(18)8-12/h1-2,4,6,12,14-16,18H,3,5,7-11H2,(H,22,23)/t12?,14?,15?,16-,18?/m1/s1. The van der Waals surface area contributed by atoms with Crippen molar-refractivity contribution in [2.75, 3.05) is 18.4 Å². The first-order valence-corrected chi connectivity index (χ1v) is 9.68. The molecule has 0 aromatic carbocycles. The number of pyridine rings is 1. The van der Waals surface area contributed by atoms with Gasteiger partial charge in [-0.2, -0.15) is 0 Å². The van der Waals surface area contributed by atoms with Gasteiger partial charge in [-0.1, -0.05) is 11.6 Å². The lowest BCUT2D eigenvalue weighted by Gasteiger charge is -2.49. The van der Waals surface area contributed by atoms with Crippen molar-refractivity contribution in [2.45, 2.75) is 44.2 Å². The van der Waals surface area contributed by atoms with Gasteiger partial charge in [0.2, 0.25) is 0 Å². The van der Waals surface area contributed by atoms with E-state index in [1.165, 1.54) is 18.9 Å². The van der Waals surface area contributed by atoms with Crippen LogP contribution in [0.1, 0.15) is 32.1 Å². The number of likely N-dealkylation sites (tertiary alicyclic amines) is 1. The van der Waals surface area contributed by atoms with E-state index in [2.05, 4.69) is 16.4 Å². The summed E-state index contributed by atoms with van der Waals surface area (Å²) in [5, 5.41) is 3.11. The molecule has 6 rings (SSSR count). The zero-order valence-corrected chi connectivity index (χ0v) is 14.7. The Morgan fingerprint density at radius 2 is 2.12 bits per heavy atom. The van der Waals surface area contributed by atoms with Crippen LogP contribution in [-0.4, -0.2) is 41.2 Å². The van der Waals surface area contributed by atoms with Crippen molar-refractivity contribution in [2.24, 2.45) is 17.8 Å². The van der Waals surface area contributed by atoms with Crippen molar-refractivity contribution in [1.82, 2.24) is 9.88 Å². The molecule has 1 saturated heterocycles. The number of rotatable bonds is 3. The molecular weight excluding hydrogens is 333 g/mol. The smallest absolute Gasteiger partial charge is 0.410 e. The molecule has 1 aliphatic heterocycles. The van der Waals surface area contributed by atoms with E-state index in [-0.39, 0.29) is 29.9 Å². The van der Waals surface area contributed by atoms with Gasteiger partial charge >= 0.3 is 6.09 Å². The topological polar surface area (TPSA) is 54.5 Å². The predicted molar refractivity (Wildman–Crippen MR) is 95.1 cm³/mol. The SMILES string of the molecule is O=C(OC1C2CC3=CC(C2)CC1C3)N1CC[C@@H](Nc2ncccc2F)C1. The molecule has 138 valence electrons. The molecule has 2 saturated carbocycles. The number of halogens is 1. The molecule has 5 aliphatic rings. The van der Waals surface area contributed by atoms with Gasteiger partial charge in [-0.05, 0) is 50.2 Å². The number of allylic oxidation sites excluding steroid dienone is 2. The van der Waals surface area contributed by atoms with Crippen molar-refractivity contribution < 1.29 is 13.9 Å². The fraction of sp³-hybridized carbons (Fsp3) is 0.600. The quantitative estimate of drug-likeness (QED) is 0.840. The van der Waals surface area contributed by atoms with Crippen molar-refractivity contribution in [3.63, 3.8) is 0 Å². The molecule has 26 heavy (non-hydrogen) atoms. The van der Waals surface area contributed by atoms with E-state index >= 15 is 0 Å². The number of amides is 1. The number of carbonyl (C=O) groups is 1. The molecule has 5 nitrogen and oxygen atoms in total.